The summed E-state index contributed by atoms with van der Waals surface area (Å²) in [6.07, 6.45) is -1.89. The maximum atomic E-state index is 12.5. The maximum absolute atomic E-state index is 12.5. The normalized spacial score (nSPS) is 16.4. The minimum absolute atomic E-state index is 0.233. The van der Waals surface area contributed by atoms with Gasteiger partial charge in [0.1, 0.15) is 5.75 Å². The van der Waals surface area contributed by atoms with Crippen LogP contribution in [0.1, 0.15) is 37.3 Å². The number of nitriles is 1. The highest BCUT2D eigenvalue weighted by Crippen LogP contribution is 2.30. The molecule has 8 heteroatoms. The van der Waals surface area contributed by atoms with Gasteiger partial charge in [-0.25, -0.2) is 0 Å². The lowest BCUT2D eigenvalue weighted by Crippen LogP contribution is -2.47. The zero-order valence-corrected chi connectivity index (χ0v) is 18.2. The fourth-order valence-electron chi connectivity index (χ4n) is 4.27. The van der Waals surface area contributed by atoms with E-state index < -0.39 is 6.36 Å². The van der Waals surface area contributed by atoms with Crippen LogP contribution in [-0.2, 0) is 6.54 Å². The van der Waals surface area contributed by atoms with E-state index in [0.717, 1.165) is 43.6 Å². The molecule has 5 nitrogen and oxygen atoms in total. The number of ether oxygens (including phenoxy) is 1. The van der Waals surface area contributed by atoms with Gasteiger partial charge in [0.2, 0.25) is 0 Å². The van der Waals surface area contributed by atoms with Gasteiger partial charge in [-0.05, 0) is 74.7 Å². The van der Waals surface area contributed by atoms with Crippen LogP contribution in [-0.4, -0.2) is 43.0 Å². The van der Waals surface area contributed by atoms with E-state index in [1.807, 2.05) is 18.2 Å². The largest absolute Gasteiger partial charge is 0.573 e. The summed E-state index contributed by atoms with van der Waals surface area (Å²) < 4.78 is 41.6. The molecular weight excluding hydrogens is 417 g/mol. The standard InChI is InChI=1S/C24H29F3N4O/c1-18(9-12-28)30-13-10-22(11-14-30)31(17-20-4-2-3-19(15-20)16-29)21-5-7-23(8-6-21)32-24(25,26)27/h2-8,15,18,22H,9-14,17,28H2,1H3. The van der Waals surface area contributed by atoms with E-state index >= 15 is 0 Å². The van der Waals surface area contributed by atoms with Crippen molar-refractivity contribution in [1.29, 1.82) is 5.26 Å². The Balaban J connectivity index is 1.79. The summed E-state index contributed by atoms with van der Waals surface area (Å²) in [4.78, 5) is 4.66. The summed E-state index contributed by atoms with van der Waals surface area (Å²) in [5.41, 5.74) is 8.11. The van der Waals surface area contributed by atoms with Crippen molar-refractivity contribution in [2.75, 3.05) is 24.5 Å². The Morgan fingerprint density at radius 2 is 1.88 bits per heavy atom. The molecule has 1 aliphatic rings. The van der Waals surface area contributed by atoms with Crippen molar-refractivity contribution in [3.63, 3.8) is 0 Å². The van der Waals surface area contributed by atoms with Crippen LogP contribution in [0.2, 0.25) is 0 Å². The summed E-state index contributed by atoms with van der Waals surface area (Å²) in [6, 6.07) is 16.3. The molecule has 0 radical (unpaired) electrons. The number of hydrogen-bond acceptors (Lipinski definition) is 5. The molecule has 2 aromatic carbocycles. The van der Waals surface area contributed by atoms with Crippen LogP contribution >= 0.6 is 0 Å². The third-order valence-electron chi connectivity index (χ3n) is 5.96. The maximum Gasteiger partial charge on any atom is 0.573 e. The molecule has 1 aliphatic heterocycles. The summed E-state index contributed by atoms with van der Waals surface area (Å²) in [6.45, 7) is 5.30. The number of anilines is 1. The predicted molar refractivity (Wildman–Crippen MR) is 118 cm³/mol. The third kappa shape index (κ3) is 6.62. The number of hydrogen-bond donors (Lipinski definition) is 1. The average Bonchev–Trinajstić information content (AvgIpc) is 2.77. The second-order valence-corrected chi connectivity index (χ2v) is 8.18. The molecule has 0 amide bonds. The van der Waals surface area contributed by atoms with Gasteiger partial charge in [0.15, 0.2) is 0 Å². The van der Waals surface area contributed by atoms with Gasteiger partial charge in [0.25, 0.3) is 0 Å². The smallest absolute Gasteiger partial charge is 0.406 e. The molecule has 32 heavy (non-hydrogen) atoms. The van der Waals surface area contributed by atoms with Crippen LogP contribution < -0.4 is 15.4 Å². The Kier molecular flexibility index (Phi) is 7.99. The first-order chi connectivity index (χ1) is 15.3. The van der Waals surface area contributed by atoms with Crippen molar-refractivity contribution in [3.8, 4) is 11.8 Å². The molecule has 1 fully saturated rings. The third-order valence-corrected chi connectivity index (χ3v) is 5.96. The van der Waals surface area contributed by atoms with Gasteiger partial charge in [-0.3, -0.25) is 0 Å². The topological polar surface area (TPSA) is 65.5 Å². The molecular formula is C24H29F3N4O. The predicted octanol–water partition coefficient (Wildman–Crippen LogP) is 4.67. The first-order valence-corrected chi connectivity index (χ1v) is 10.8. The number of rotatable bonds is 8. The van der Waals surface area contributed by atoms with E-state index in [0.29, 0.717) is 24.7 Å². The first kappa shape index (κ1) is 23.9. The molecule has 3 rings (SSSR count). The van der Waals surface area contributed by atoms with Crippen molar-refractivity contribution < 1.29 is 17.9 Å². The second-order valence-electron chi connectivity index (χ2n) is 8.18. The molecule has 2 aromatic rings. The molecule has 1 saturated heterocycles. The van der Waals surface area contributed by atoms with Gasteiger partial charge < -0.3 is 20.3 Å². The fourth-order valence-corrected chi connectivity index (χ4v) is 4.27. The van der Waals surface area contributed by atoms with Crippen LogP contribution in [0.5, 0.6) is 5.75 Å². The minimum Gasteiger partial charge on any atom is -0.406 e. The Hall–Kier alpha value is -2.76. The van der Waals surface area contributed by atoms with Crippen molar-refractivity contribution in [2.45, 2.75) is 51.2 Å². The summed E-state index contributed by atoms with van der Waals surface area (Å²) in [7, 11) is 0. The average molecular weight is 447 g/mol. The van der Waals surface area contributed by atoms with Gasteiger partial charge >= 0.3 is 6.36 Å². The summed E-state index contributed by atoms with van der Waals surface area (Å²) >= 11 is 0. The number of likely N-dealkylation sites (tertiary alicyclic amines) is 1. The van der Waals surface area contributed by atoms with Crippen LogP contribution in [0.3, 0.4) is 0 Å². The Morgan fingerprint density at radius 1 is 1.19 bits per heavy atom. The molecule has 1 unspecified atom stereocenters. The van der Waals surface area contributed by atoms with E-state index in [1.165, 1.54) is 12.1 Å². The van der Waals surface area contributed by atoms with Gasteiger partial charge in [0.05, 0.1) is 11.6 Å². The van der Waals surface area contributed by atoms with Crippen LogP contribution in [0.15, 0.2) is 48.5 Å². The Labute approximate surface area is 187 Å². The highest BCUT2D eigenvalue weighted by Gasteiger charge is 2.31. The number of alkyl halides is 3. The zero-order chi connectivity index (χ0) is 23.1. The van der Waals surface area contributed by atoms with Gasteiger partial charge in [-0.15, -0.1) is 13.2 Å². The lowest BCUT2D eigenvalue weighted by atomic mass is 9.99. The second kappa shape index (κ2) is 10.7. The molecule has 0 aromatic heterocycles. The van der Waals surface area contributed by atoms with Crippen molar-refractivity contribution in [3.05, 3.63) is 59.7 Å². The van der Waals surface area contributed by atoms with E-state index in [1.54, 1.807) is 18.2 Å². The first-order valence-electron chi connectivity index (χ1n) is 10.8. The number of nitrogens with zero attached hydrogens (tertiary/aromatic N) is 3. The summed E-state index contributed by atoms with van der Waals surface area (Å²) in [5.74, 6) is -0.238. The van der Waals surface area contributed by atoms with Crippen LogP contribution in [0.4, 0.5) is 18.9 Å². The lowest BCUT2D eigenvalue weighted by Gasteiger charge is -2.42. The molecule has 1 heterocycles. The molecule has 0 bridgehead atoms. The number of piperidine rings is 1. The monoisotopic (exact) mass is 446 g/mol. The molecule has 172 valence electrons. The fraction of sp³-hybridized carbons (Fsp3) is 0.458. The number of nitrogens with two attached hydrogens (primary N) is 1. The van der Waals surface area contributed by atoms with Crippen molar-refractivity contribution in [1.82, 2.24) is 4.90 Å². The zero-order valence-electron chi connectivity index (χ0n) is 18.2. The van der Waals surface area contributed by atoms with E-state index in [4.69, 9.17) is 5.73 Å². The van der Waals surface area contributed by atoms with E-state index in [2.05, 4.69) is 27.5 Å². The quantitative estimate of drug-likeness (QED) is 0.639. The van der Waals surface area contributed by atoms with E-state index in [9.17, 15) is 18.4 Å². The van der Waals surface area contributed by atoms with Gasteiger partial charge in [-0.1, -0.05) is 12.1 Å². The van der Waals surface area contributed by atoms with E-state index in [-0.39, 0.29) is 11.8 Å². The lowest BCUT2D eigenvalue weighted by molar-refractivity contribution is -0.274. The van der Waals surface area contributed by atoms with Gasteiger partial charge in [-0.2, -0.15) is 5.26 Å². The van der Waals surface area contributed by atoms with Crippen molar-refractivity contribution >= 4 is 5.69 Å². The Bertz CT molecular complexity index is 903. The Morgan fingerprint density at radius 3 is 2.47 bits per heavy atom. The molecule has 0 aliphatic carbocycles. The van der Waals surface area contributed by atoms with Gasteiger partial charge in [0, 0.05) is 37.4 Å². The molecule has 1 atom stereocenters. The molecule has 0 spiro atoms. The number of benzene rings is 2. The highest BCUT2D eigenvalue weighted by molar-refractivity contribution is 5.51. The van der Waals surface area contributed by atoms with Crippen LogP contribution in [0, 0.1) is 11.3 Å². The van der Waals surface area contributed by atoms with Crippen LogP contribution in [0.25, 0.3) is 0 Å². The SMILES string of the molecule is CC(CCN)N1CCC(N(Cc2cccc(C#N)c2)c2ccc(OC(F)(F)F)cc2)CC1. The molecule has 0 saturated carbocycles. The number of halogens is 3. The minimum atomic E-state index is -4.72. The summed E-state index contributed by atoms with van der Waals surface area (Å²) in [5, 5.41) is 9.23. The highest BCUT2D eigenvalue weighted by atomic mass is 19.4. The van der Waals surface area contributed by atoms with Crippen molar-refractivity contribution in [2.24, 2.45) is 5.73 Å². The molecule has 2 N–H and O–H groups in total.